The van der Waals surface area contributed by atoms with Crippen LogP contribution in [0.25, 0.3) is 10.9 Å². The third-order valence-corrected chi connectivity index (χ3v) is 2.71. The second-order valence-corrected chi connectivity index (χ2v) is 4.25. The Morgan fingerprint density at radius 3 is 2.90 bits per heavy atom. The minimum atomic E-state index is -0.978. The van der Waals surface area contributed by atoms with Crippen LogP contribution in [0.15, 0.2) is 41.7 Å². The molecule has 0 radical (unpaired) electrons. The lowest BCUT2D eigenvalue weighted by Gasteiger charge is -2.18. The molecule has 2 aromatic rings. The quantitative estimate of drug-likeness (QED) is 0.763. The van der Waals surface area contributed by atoms with Gasteiger partial charge >= 0.3 is 5.97 Å². The summed E-state index contributed by atoms with van der Waals surface area (Å²) in [5, 5.41) is 17.1. The second kappa shape index (κ2) is 6.07. The summed E-state index contributed by atoms with van der Waals surface area (Å²) >= 11 is 0. The lowest BCUT2D eigenvalue weighted by atomic mass is 10.2. The molecule has 1 aromatic heterocycles. The van der Waals surface area contributed by atoms with Gasteiger partial charge in [-0.05, 0) is 12.1 Å². The molecule has 104 valence electrons. The van der Waals surface area contributed by atoms with Crippen molar-refractivity contribution in [3.63, 3.8) is 0 Å². The van der Waals surface area contributed by atoms with Crippen molar-refractivity contribution in [3.05, 3.63) is 47.3 Å². The number of aliphatic carboxylic acids is 1. The van der Waals surface area contributed by atoms with Crippen molar-refractivity contribution in [1.29, 1.82) is 0 Å². The van der Waals surface area contributed by atoms with Crippen molar-refractivity contribution in [1.82, 2.24) is 19.9 Å². The molecule has 0 amide bonds. The van der Waals surface area contributed by atoms with Gasteiger partial charge in [-0.15, -0.1) is 11.7 Å². The Kier molecular flexibility index (Phi) is 4.21. The third kappa shape index (κ3) is 3.07. The molecule has 0 saturated carbocycles. The SMILES string of the molecule is C=CCN(CC(=O)O)Cn1nnc2ccccc2c1=O. The maximum absolute atomic E-state index is 12.2. The van der Waals surface area contributed by atoms with Gasteiger partial charge in [-0.2, -0.15) is 4.68 Å². The van der Waals surface area contributed by atoms with Gasteiger partial charge in [-0.25, -0.2) is 0 Å². The maximum Gasteiger partial charge on any atom is 0.317 e. The third-order valence-electron chi connectivity index (χ3n) is 2.71. The molecule has 1 N–H and O–H groups in total. The van der Waals surface area contributed by atoms with E-state index in [0.717, 1.165) is 4.68 Å². The van der Waals surface area contributed by atoms with Gasteiger partial charge in [0.2, 0.25) is 0 Å². The molecule has 1 heterocycles. The summed E-state index contributed by atoms with van der Waals surface area (Å²) in [6, 6.07) is 6.88. The molecule has 7 nitrogen and oxygen atoms in total. The lowest BCUT2D eigenvalue weighted by molar-refractivity contribution is -0.138. The van der Waals surface area contributed by atoms with Crippen LogP contribution in [0.5, 0.6) is 0 Å². The van der Waals surface area contributed by atoms with Crippen LogP contribution in [0.4, 0.5) is 0 Å². The molecule has 20 heavy (non-hydrogen) atoms. The average Bonchev–Trinajstić information content (AvgIpc) is 2.42. The number of rotatable bonds is 6. The molecule has 7 heteroatoms. The first-order valence-electron chi connectivity index (χ1n) is 5.99. The highest BCUT2D eigenvalue weighted by atomic mass is 16.4. The molecule has 1 aromatic carbocycles. The number of carboxylic acids is 1. The zero-order valence-corrected chi connectivity index (χ0v) is 10.8. The largest absolute Gasteiger partial charge is 0.480 e. The molecule has 0 atom stereocenters. The molecule has 0 aliphatic rings. The van der Waals surface area contributed by atoms with E-state index in [9.17, 15) is 9.59 Å². The van der Waals surface area contributed by atoms with Gasteiger partial charge in [0.15, 0.2) is 0 Å². The fourth-order valence-electron chi connectivity index (χ4n) is 1.85. The molecular weight excluding hydrogens is 260 g/mol. The fraction of sp³-hybridized carbons (Fsp3) is 0.231. The van der Waals surface area contributed by atoms with Crippen molar-refractivity contribution in [2.45, 2.75) is 6.67 Å². The van der Waals surface area contributed by atoms with Crippen LogP contribution in [0.3, 0.4) is 0 Å². The maximum atomic E-state index is 12.2. The van der Waals surface area contributed by atoms with Crippen molar-refractivity contribution < 1.29 is 9.90 Å². The van der Waals surface area contributed by atoms with Crippen LogP contribution >= 0.6 is 0 Å². The van der Waals surface area contributed by atoms with Gasteiger partial charge < -0.3 is 5.11 Å². The summed E-state index contributed by atoms with van der Waals surface area (Å²) in [7, 11) is 0. The zero-order chi connectivity index (χ0) is 14.5. The molecule has 0 aliphatic heterocycles. The van der Waals surface area contributed by atoms with E-state index in [2.05, 4.69) is 16.9 Å². The Balaban J connectivity index is 2.32. The zero-order valence-electron chi connectivity index (χ0n) is 10.8. The smallest absolute Gasteiger partial charge is 0.317 e. The number of nitrogens with zero attached hydrogens (tertiary/aromatic N) is 4. The van der Waals surface area contributed by atoms with Crippen molar-refractivity contribution >= 4 is 16.9 Å². The Bertz CT molecular complexity index is 695. The van der Waals surface area contributed by atoms with E-state index < -0.39 is 5.97 Å². The van der Waals surface area contributed by atoms with Gasteiger partial charge in [-0.1, -0.05) is 23.4 Å². The topological polar surface area (TPSA) is 88.3 Å². The number of hydrogen-bond acceptors (Lipinski definition) is 5. The monoisotopic (exact) mass is 274 g/mol. The summed E-state index contributed by atoms with van der Waals surface area (Å²) in [4.78, 5) is 24.5. The summed E-state index contributed by atoms with van der Waals surface area (Å²) in [5.74, 6) is -0.978. The van der Waals surface area contributed by atoms with Gasteiger partial charge in [0.1, 0.15) is 5.52 Å². The van der Waals surface area contributed by atoms with Gasteiger partial charge in [0.25, 0.3) is 5.56 Å². The molecule has 0 aliphatic carbocycles. The normalized spacial score (nSPS) is 10.8. The highest BCUT2D eigenvalue weighted by molar-refractivity contribution is 5.76. The standard InChI is InChI=1S/C13H14N4O3/c1-2-7-16(8-12(18)19)9-17-13(20)10-5-3-4-6-11(10)14-15-17/h2-6H,1,7-9H2,(H,18,19). The molecule has 0 unspecified atom stereocenters. The molecule has 0 bridgehead atoms. The minimum absolute atomic E-state index is 0.0506. The van der Waals surface area contributed by atoms with Crippen molar-refractivity contribution in [2.75, 3.05) is 13.1 Å². The second-order valence-electron chi connectivity index (χ2n) is 4.25. The van der Waals surface area contributed by atoms with Gasteiger partial charge in [-0.3, -0.25) is 14.5 Å². The number of carboxylic acid groups (broad SMARTS) is 1. The molecule has 2 rings (SSSR count). The Labute approximate surface area is 114 Å². The first-order valence-corrected chi connectivity index (χ1v) is 5.99. The Hall–Kier alpha value is -2.54. The van der Waals surface area contributed by atoms with Crippen LogP contribution in [0.2, 0.25) is 0 Å². The van der Waals surface area contributed by atoms with Crippen LogP contribution in [0.1, 0.15) is 0 Å². The lowest BCUT2D eigenvalue weighted by Crippen LogP contribution is -2.37. The van der Waals surface area contributed by atoms with Crippen molar-refractivity contribution in [2.24, 2.45) is 0 Å². The van der Waals surface area contributed by atoms with E-state index in [1.54, 1.807) is 30.3 Å². The van der Waals surface area contributed by atoms with Gasteiger partial charge in [0.05, 0.1) is 18.6 Å². The Morgan fingerprint density at radius 1 is 1.45 bits per heavy atom. The summed E-state index contributed by atoms with van der Waals surface area (Å²) in [6.07, 6.45) is 1.57. The van der Waals surface area contributed by atoms with E-state index in [1.807, 2.05) is 0 Å². The number of fused-ring (bicyclic) bond motifs is 1. The van der Waals surface area contributed by atoms with Gasteiger partial charge in [0, 0.05) is 6.54 Å². The molecule has 0 saturated heterocycles. The first kappa shape index (κ1) is 13.9. The van der Waals surface area contributed by atoms with Crippen LogP contribution in [-0.4, -0.2) is 44.1 Å². The fourth-order valence-corrected chi connectivity index (χ4v) is 1.85. The predicted molar refractivity (Wildman–Crippen MR) is 73.2 cm³/mol. The highest BCUT2D eigenvalue weighted by Gasteiger charge is 2.12. The van der Waals surface area contributed by atoms with E-state index in [1.165, 1.54) is 4.90 Å². The van der Waals surface area contributed by atoms with Crippen LogP contribution < -0.4 is 5.56 Å². The van der Waals surface area contributed by atoms with Crippen molar-refractivity contribution in [3.8, 4) is 0 Å². The Morgan fingerprint density at radius 2 is 2.20 bits per heavy atom. The number of hydrogen-bond donors (Lipinski definition) is 1. The van der Waals surface area contributed by atoms with E-state index >= 15 is 0 Å². The number of benzene rings is 1. The van der Waals surface area contributed by atoms with E-state index in [0.29, 0.717) is 17.4 Å². The van der Waals surface area contributed by atoms with Crippen LogP contribution in [-0.2, 0) is 11.5 Å². The number of carbonyl (C=O) groups is 1. The summed E-state index contributed by atoms with van der Waals surface area (Å²) in [5.41, 5.74) is 0.220. The molecular formula is C13H14N4O3. The van der Waals surface area contributed by atoms with E-state index in [4.69, 9.17) is 5.11 Å². The average molecular weight is 274 g/mol. The molecule has 0 spiro atoms. The van der Waals surface area contributed by atoms with E-state index in [-0.39, 0.29) is 18.8 Å². The summed E-state index contributed by atoms with van der Waals surface area (Å²) < 4.78 is 1.15. The molecule has 0 fully saturated rings. The minimum Gasteiger partial charge on any atom is -0.480 e. The highest BCUT2D eigenvalue weighted by Crippen LogP contribution is 2.03. The predicted octanol–water partition coefficient (Wildman–Crippen LogP) is 0.322. The van der Waals surface area contributed by atoms with Crippen LogP contribution in [0, 0.1) is 0 Å². The summed E-state index contributed by atoms with van der Waals surface area (Å²) in [6.45, 7) is 3.75. The number of aromatic nitrogens is 3. The first-order chi connectivity index (χ1) is 9.61.